The number of nitrogens with one attached hydrogen (secondary N) is 1. The Kier molecular flexibility index (Phi) is 5.79. The quantitative estimate of drug-likeness (QED) is 0.842. The lowest BCUT2D eigenvalue weighted by Crippen LogP contribution is -2.29. The van der Waals surface area contributed by atoms with Crippen LogP contribution in [0.4, 0.5) is 0 Å². The summed E-state index contributed by atoms with van der Waals surface area (Å²) in [4.78, 5) is 0.426. The molecule has 1 atom stereocenters. The smallest absolute Gasteiger partial charge is 0.243 e. The highest BCUT2D eigenvalue weighted by Gasteiger charge is 2.32. The number of rotatable bonds is 7. The maximum absolute atomic E-state index is 12.7. The highest BCUT2D eigenvalue weighted by Crippen LogP contribution is 2.27. The molecule has 21 heavy (non-hydrogen) atoms. The molecule has 0 radical (unpaired) electrons. The molecule has 118 valence electrons. The van der Waals surface area contributed by atoms with Crippen LogP contribution in [-0.2, 0) is 16.6 Å². The molecule has 2 rings (SSSR count). The van der Waals surface area contributed by atoms with E-state index in [-0.39, 0.29) is 0 Å². The van der Waals surface area contributed by atoms with Gasteiger partial charge in [0.1, 0.15) is 0 Å². The van der Waals surface area contributed by atoms with E-state index < -0.39 is 10.0 Å². The standard InChI is InChI=1S/C16H26N2O2S/c1-3-6-14-9-10-18(13-14)21(19,20)16-8-5-7-15(11-16)12-17-4-2/h5,7-8,11,14,17H,3-4,6,9-10,12-13H2,1-2H3. The van der Waals surface area contributed by atoms with Crippen molar-refractivity contribution < 1.29 is 8.42 Å². The van der Waals surface area contributed by atoms with Gasteiger partial charge in [0, 0.05) is 19.6 Å². The molecule has 0 saturated carbocycles. The van der Waals surface area contributed by atoms with Gasteiger partial charge in [-0.2, -0.15) is 4.31 Å². The molecule has 1 N–H and O–H groups in total. The summed E-state index contributed by atoms with van der Waals surface area (Å²) in [6, 6.07) is 7.30. The summed E-state index contributed by atoms with van der Waals surface area (Å²) < 4.78 is 27.1. The third-order valence-electron chi connectivity index (χ3n) is 4.06. The second kappa shape index (κ2) is 7.38. The molecule has 5 heteroatoms. The molecule has 0 amide bonds. The van der Waals surface area contributed by atoms with Crippen LogP contribution in [0.5, 0.6) is 0 Å². The normalized spacial score (nSPS) is 20.0. The number of benzene rings is 1. The molecule has 1 saturated heterocycles. The zero-order chi connectivity index (χ0) is 15.3. The van der Waals surface area contributed by atoms with E-state index in [1.165, 1.54) is 0 Å². The molecule has 0 bridgehead atoms. The predicted octanol–water partition coefficient (Wildman–Crippen LogP) is 2.61. The summed E-state index contributed by atoms with van der Waals surface area (Å²) in [5.74, 6) is 0.523. The third kappa shape index (κ3) is 4.05. The van der Waals surface area contributed by atoms with Crippen LogP contribution in [0.25, 0.3) is 0 Å². The molecular formula is C16H26N2O2S. The van der Waals surface area contributed by atoms with Crippen LogP contribution in [-0.4, -0.2) is 32.4 Å². The fourth-order valence-electron chi connectivity index (χ4n) is 2.89. The zero-order valence-electron chi connectivity index (χ0n) is 13.0. The van der Waals surface area contributed by atoms with Crippen LogP contribution in [0, 0.1) is 5.92 Å². The SMILES string of the molecule is CCCC1CCN(S(=O)(=O)c2cccc(CNCC)c2)C1. The van der Waals surface area contributed by atoms with Crippen molar-refractivity contribution >= 4 is 10.0 Å². The van der Waals surface area contributed by atoms with Crippen molar-refractivity contribution in [3.8, 4) is 0 Å². The van der Waals surface area contributed by atoms with E-state index in [1.807, 2.05) is 19.1 Å². The summed E-state index contributed by atoms with van der Waals surface area (Å²) in [7, 11) is -3.33. The van der Waals surface area contributed by atoms with Gasteiger partial charge in [-0.1, -0.05) is 32.4 Å². The molecule has 1 aromatic carbocycles. The van der Waals surface area contributed by atoms with Gasteiger partial charge in [-0.15, -0.1) is 0 Å². The highest BCUT2D eigenvalue weighted by atomic mass is 32.2. The molecule has 4 nitrogen and oxygen atoms in total. The Labute approximate surface area is 128 Å². The Hall–Kier alpha value is -0.910. The molecule has 0 aliphatic carbocycles. The van der Waals surface area contributed by atoms with E-state index in [4.69, 9.17) is 0 Å². The first-order valence-corrected chi connectivity index (χ1v) is 9.31. The minimum atomic E-state index is -3.33. The van der Waals surface area contributed by atoms with Crippen LogP contribution in [0.3, 0.4) is 0 Å². The van der Waals surface area contributed by atoms with Crippen LogP contribution >= 0.6 is 0 Å². The average Bonchev–Trinajstić information content (AvgIpc) is 2.95. The van der Waals surface area contributed by atoms with Crippen molar-refractivity contribution in [2.45, 2.75) is 44.6 Å². The fourth-order valence-corrected chi connectivity index (χ4v) is 4.50. The number of hydrogen-bond acceptors (Lipinski definition) is 3. The lowest BCUT2D eigenvalue weighted by atomic mass is 10.0. The van der Waals surface area contributed by atoms with Gasteiger partial charge >= 0.3 is 0 Å². The van der Waals surface area contributed by atoms with Crippen LogP contribution in [0.2, 0.25) is 0 Å². The predicted molar refractivity (Wildman–Crippen MR) is 85.6 cm³/mol. The minimum Gasteiger partial charge on any atom is -0.313 e. The molecular weight excluding hydrogens is 284 g/mol. The Bertz CT molecular complexity index is 557. The number of nitrogens with zero attached hydrogens (tertiary/aromatic N) is 1. The highest BCUT2D eigenvalue weighted by molar-refractivity contribution is 7.89. The van der Waals surface area contributed by atoms with Gasteiger partial charge < -0.3 is 5.32 Å². The molecule has 1 aromatic rings. The van der Waals surface area contributed by atoms with Gasteiger partial charge in [0.25, 0.3) is 0 Å². The van der Waals surface area contributed by atoms with Crippen molar-refractivity contribution in [1.29, 1.82) is 0 Å². The number of hydrogen-bond donors (Lipinski definition) is 1. The van der Waals surface area contributed by atoms with E-state index in [0.29, 0.717) is 30.4 Å². The van der Waals surface area contributed by atoms with Gasteiger partial charge in [0.2, 0.25) is 10.0 Å². The summed E-state index contributed by atoms with van der Waals surface area (Å²) in [6.07, 6.45) is 3.23. The Morgan fingerprint density at radius 2 is 2.14 bits per heavy atom. The van der Waals surface area contributed by atoms with Crippen molar-refractivity contribution in [1.82, 2.24) is 9.62 Å². The summed E-state index contributed by atoms with van der Waals surface area (Å²) in [5, 5.41) is 3.23. The first kappa shape index (κ1) is 16.5. The first-order chi connectivity index (χ1) is 10.1. The van der Waals surface area contributed by atoms with E-state index in [0.717, 1.165) is 31.4 Å². The van der Waals surface area contributed by atoms with Crippen LogP contribution in [0.15, 0.2) is 29.2 Å². The lowest BCUT2D eigenvalue weighted by molar-refractivity contribution is 0.444. The molecule has 1 fully saturated rings. The number of sulfonamides is 1. The molecule has 1 aliphatic rings. The molecule has 0 spiro atoms. The molecule has 1 unspecified atom stereocenters. The summed E-state index contributed by atoms with van der Waals surface area (Å²) in [6.45, 7) is 7.11. The largest absolute Gasteiger partial charge is 0.313 e. The Morgan fingerprint density at radius 3 is 2.86 bits per heavy atom. The van der Waals surface area contributed by atoms with Crippen molar-refractivity contribution in [2.24, 2.45) is 5.92 Å². The third-order valence-corrected chi connectivity index (χ3v) is 5.92. The van der Waals surface area contributed by atoms with E-state index in [9.17, 15) is 8.42 Å². The minimum absolute atomic E-state index is 0.426. The van der Waals surface area contributed by atoms with Gasteiger partial charge in [-0.05, 0) is 43.0 Å². The summed E-state index contributed by atoms with van der Waals surface area (Å²) in [5.41, 5.74) is 1.02. The van der Waals surface area contributed by atoms with Crippen molar-refractivity contribution in [3.63, 3.8) is 0 Å². The Balaban J connectivity index is 2.12. The van der Waals surface area contributed by atoms with Crippen molar-refractivity contribution in [3.05, 3.63) is 29.8 Å². The maximum Gasteiger partial charge on any atom is 0.243 e. The van der Waals surface area contributed by atoms with Gasteiger partial charge in [0.15, 0.2) is 0 Å². The van der Waals surface area contributed by atoms with Gasteiger partial charge in [-0.3, -0.25) is 0 Å². The molecule has 0 aromatic heterocycles. The van der Waals surface area contributed by atoms with E-state index in [2.05, 4.69) is 12.2 Å². The fraction of sp³-hybridized carbons (Fsp3) is 0.625. The second-order valence-corrected chi connectivity index (χ2v) is 7.67. The van der Waals surface area contributed by atoms with E-state index >= 15 is 0 Å². The van der Waals surface area contributed by atoms with Gasteiger partial charge in [0.05, 0.1) is 4.90 Å². The van der Waals surface area contributed by atoms with E-state index in [1.54, 1.807) is 16.4 Å². The second-order valence-electron chi connectivity index (χ2n) is 5.73. The Morgan fingerprint density at radius 1 is 1.33 bits per heavy atom. The molecule has 1 aliphatic heterocycles. The van der Waals surface area contributed by atoms with Crippen molar-refractivity contribution in [2.75, 3.05) is 19.6 Å². The maximum atomic E-state index is 12.7. The summed E-state index contributed by atoms with van der Waals surface area (Å²) >= 11 is 0. The molecule has 1 heterocycles. The van der Waals surface area contributed by atoms with Crippen LogP contribution < -0.4 is 5.32 Å². The average molecular weight is 310 g/mol. The monoisotopic (exact) mass is 310 g/mol. The topological polar surface area (TPSA) is 49.4 Å². The zero-order valence-corrected chi connectivity index (χ0v) is 13.8. The first-order valence-electron chi connectivity index (χ1n) is 7.87. The van der Waals surface area contributed by atoms with Gasteiger partial charge in [-0.25, -0.2) is 8.42 Å². The lowest BCUT2D eigenvalue weighted by Gasteiger charge is -2.17. The van der Waals surface area contributed by atoms with Crippen LogP contribution in [0.1, 0.15) is 38.7 Å².